The van der Waals surface area contributed by atoms with Crippen molar-refractivity contribution in [3.63, 3.8) is 0 Å². The van der Waals surface area contributed by atoms with E-state index in [2.05, 4.69) is 0 Å². The highest BCUT2D eigenvalue weighted by molar-refractivity contribution is 8.00. The Balaban J connectivity index is 1.67. The zero-order chi connectivity index (χ0) is 18.8. The number of likely N-dealkylation sites (tertiary alicyclic amines) is 1. The third-order valence-corrected chi connectivity index (χ3v) is 6.81. The van der Waals surface area contributed by atoms with Crippen molar-refractivity contribution in [2.75, 3.05) is 31.7 Å². The molecule has 1 saturated heterocycles. The minimum absolute atomic E-state index is 0.0520. The Hall–Kier alpha value is -1.93. The first-order valence-corrected chi connectivity index (χ1v) is 11.0. The molecule has 27 heavy (non-hydrogen) atoms. The van der Waals surface area contributed by atoms with E-state index >= 15 is 0 Å². The largest absolute Gasteiger partial charge is 0.497 e. The minimum Gasteiger partial charge on any atom is -0.497 e. The third kappa shape index (κ3) is 3.73. The van der Waals surface area contributed by atoms with Gasteiger partial charge in [0.15, 0.2) is 5.16 Å². The normalized spacial score (nSPS) is 15.8. The Bertz CT molecular complexity index is 906. The second kappa shape index (κ2) is 7.98. The van der Waals surface area contributed by atoms with Gasteiger partial charge in [-0.15, -0.1) is 11.8 Å². The summed E-state index contributed by atoms with van der Waals surface area (Å²) in [7, 11) is 1.61. The number of fused-ring (bicyclic) bond motifs is 1. The molecule has 0 radical (unpaired) electrons. The topological polar surface area (TPSA) is 64.4 Å². The molecule has 8 heteroatoms. The predicted molar refractivity (Wildman–Crippen MR) is 107 cm³/mol. The van der Waals surface area contributed by atoms with Gasteiger partial charge in [-0.2, -0.15) is 0 Å². The number of hydrogen-bond donors (Lipinski definition) is 0. The second-order valence-electron chi connectivity index (χ2n) is 6.48. The van der Waals surface area contributed by atoms with Crippen LogP contribution in [-0.4, -0.2) is 52.1 Å². The summed E-state index contributed by atoms with van der Waals surface area (Å²) >= 11 is 2.91. The van der Waals surface area contributed by atoms with E-state index in [1.165, 1.54) is 11.8 Å². The number of thioether (sulfide) groups is 2. The van der Waals surface area contributed by atoms with Gasteiger partial charge in [0.1, 0.15) is 5.75 Å². The summed E-state index contributed by atoms with van der Waals surface area (Å²) < 4.78 is 6.84. The smallest absolute Gasteiger partial charge is 0.272 e. The summed E-state index contributed by atoms with van der Waals surface area (Å²) in [6, 6.07) is 7.35. The van der Waals surface area contributed by atoms with E-state index in [-0.39, 0.29) is 11.5 Å². The molecule has 3 heterocycles. The Morgan fingerprint density at radius 1 is 1.26 bits per heavy atom. The van der Waals surface area contributed by atoms with Crippen molar-refractivity contribution < 1.29 is 9.53 Å². The van der Waals surface area contributed by atoms with E-state index in [4.69, 9.17) is 9.72 Å². The van der Waals surface area contributed by atoms with Crippen LogP contribution in [0.15, 0.2) is 39.1 Å². The number of ether oxygens (including phenoxy) is 1. The van der Waals surface area contributed by atoms with E-state index in [0.29, 0.717) is 10.9 Å². The first kappa shape index (κ1) is 18.4. The first-order chi connectivity index (χ1) is 13.2. The fourth-order valence-electron chi connectivity index (χ4n) is 3.33. The van der Waals surface area contributed by atoms with Crippen molar-refractivity contribution in [3.8, 4) is 11.4 Å². The molecule has 1 fully saturated rings. The SMILES string of the molecule is COc1ccc(-n2c(SCC(=O)N3CCCC3)nc3c(c2=O)SCC3)cc1. The molecule has 0 N–H and O–H groups in total. The second-order valence-corrected chi connectivity index (χ2v) is 8.53. The lowest BCUT2D eigenvalue weighted by molar-refractivity contribution is -0.127. The predicted octanol–water partition coefficient (Wildman–Crippen LogP) is 2.60. The van der Waals surface area contributed by atoms with Crippen LogP contribution in [-0.2, 0) is 11.2 Å². The van der Waals surface area contributed by atoms with Crippen LogP contribution in [0, 0.1) is 0 Å². The van der Waals surface area contributed by atoms with Crippen LogP contribution in [0.5, 0.6) is 5.75 Å². The standard InChI is InChI=1S/C19H21N3O3S2/c1-25-14-6-4-13(5-7-14)22-18(24)17-15(8-11-26-17)20-19(22)27-12-16(23)21-9-2-3-10-21/h4-7H,2-3,8-12H2,1H3. The van der Waals surface area contributed by atoms with Crippen LogP contribution in [0.25, 0.3) is 5.69 Å². The molecule has 0 aliphatic carbocycles. The van der Waals surface area contributed by atoms with Crippen LogP contribution in [0.2, 0.25) is 0 Å². The van der Waals surface area contributed by atoms with Gasteiger partial charge in [-0.05, 0) is 37.1 Å². The van der Waals surface area contributed by atoms with Crippen molar-refractivity contribution in [1.82, 2.24) is 14.5 Å². The summed E-state index contributed by atoms with van der Waals surface area (Å²) in [5, 5.41) is 0.582. The molecule has 0 atom stereocenters. The van der Waals surface area contributed by atoms with E-state index in [0.717, 1.165) is 60.1 Å². The lowest BCUT2D eigenvalue weighted by atomic mass is 10.3. The number of methoxy groups -OCH3 is 1. The lowest BCUT2D eigenvalue weighted by Crippen LogP contribution is -2.30. The van der Waals surface area contributed by atoms with Gasteiger partial charge in [0.2, 0.25) is 5.91 Å². The van der Waals surface area contributed by atoms with E-state index < -0.39 is 0 Å². The fourth-order valence-corrected chi connectivity index (χ4v) is 5.29. The number of amides is 1. The van der Waals surface area contributed by atoms with Crippen LogP contribution in [0.1, 0.15) is 18.5 Å². The maximum atomic E-state index is 13.1. The maximum Gasteiger partial charge on any atom is 0.272 e. The van der Waals surface area contributed by atoms with Crippen molar-refractivity contribution in [2.45, 2.75) is 29.3 Å². The van der Waals surface area contributed by atoms with Crippen LogP contribution in [0.4, 0.5) is 0 Å². The molecule has 0 spiro atoms. The molecule has 1 amide bonds. The molecule has 1 aromatic heterocycles. The number of benzene rings is 1. The number of nitrogens with zero attached hydrogens (tertiary/aromatic N) is 3. The number of aromatic nitrogens is 2. The summed E-state index contributed by atoms with van der Waals surface area (Å²) in [5.41, 5.74) is 1.54. The van der Waals surface area contributed by atoms with E-state index in [1.807, 2.05) is 29.2 Å². The average Bonchev–Trinajstić information content (AvgIpc) is 3.38. The van der Waals surface area contributed by atoms with E-state index in [9.17, 15) is 9.59 Å². The highest BCUT2D eigenvalue weighted by Crippen LogP contribution is 2.30. The number of carbonyl (C=O) groups is 1. The maximum absolute atomic E-state index is 13.1. The Kier molecular flexibility index (Phi) is 5.45. The van der Waals surface area contributed by atoms with Gasteiger partial charge >= 0.3 is 0 Å². The quantitative estimate of drug-likeness (QED) is 0.565. The van der Waals surface area contributed by atoms with Crippen molar-refractivity contribution in [1.29, 1.82) is 0 Å². The van der Waals surface area contributed by atoms with Gasteiger partial charge in [-0.3, -0.25) is 14.2 Å². The fraction of sp³-hybridized carbons (Fsp3) is 0.421. The molecule has 0 bridgehead atoms. The Morgan fingerprint density at radius 3 is 2.70 bits per heavy atom. The summed E-state index contributed by atoms with van der Waals surface area (Å²) in [6.45, 7) is 1.66. The van der Waals surface area contributed by atoms with Crippen LogP contribution in [0.3, 0.4) is 0 Å². The summed E-state index contributed by atoms with van der Waals surface area (Å²) in [6.07, 6.45) is 2.94. The van der Waals surface area contributed by atoms with Gasteiger partial charge in [0, 0.05) is 25.3 Å². The molecule has 2 aliphatic rings. The molecule has 2 aromatic rings. The Labute approximate surface area is 166 Å². The van der Waals surface area contributed by atoms with Gasteiger partial charge in [-0.1, -0.05) is 11.8 Å². The highest BCUT2D eigenvalue weighted by Gasteiger charge is 2.24. The van der Waals surface area contributed by atoms with Crippen molar-refractivity contribution >= 4 is 29.4 Å². The van der Waals surface area contributed by atoms with Gasteiger partial charge in [0.25, 0.3) is 5.56 Å². The number of hydrogen-bond acceptors (Lipinski definition) is 6. The van der Waals surface area contributed by atoms with Gasteiger partial charge in [0.05, 0.1) is 29.1 Å². The zero-order valence-electron chi connectivity index (χ0n) is 15.1. The molecular formula is C19H21N3O3S2. The summed E-state index contributed by atoms with van der Waals surface area (Å²) in [4.78, 5) is 32.9. The van der Waals surface area contributed by atoms with Crippen LogP contribution >= 0.6 is 23.5 Å². The van der Waals surface area contributed by atoms with Crippen LogP contribution < -0.4 is 10.3 Å². The van der Waals surface area contributed by atoms with Gasteiger partial charge in [-0.25, -0.2) is 4.98 Å². The molecule has 4 rings (SSSR count). The van der Waals surface area contributed by atoms with E-state index in [1.54, 1.807) is 23.4 Å². The summed E-state index contributed by atoms with van der Waals surface area (Å²) in [5.74, 6) is 2.02. The Morgan fingerprint density at radius 2 is 2.00 bits per heavy atom. The molecule has 6 nitrogen and oxygen atoms in total. The van der Waals surface area contributed by atoms with Crippen molar-refractivity contribution in [3.05, 3.63) is 40.3 Å². The minimum atomic E-state index is -0.0520. The van der Waals surface area contributed by atoms with Crippen molar-refractivity contribution in [2.24, 2.45) is 0 Å². The zero-order valence-corrected chi connectivity index (χ0v) is 16.8. The molecule has 0 saturated carbocycles. The molecule has 142 valence electrons. The lowest BCUT2D eigenvalue weighted by Gasteiger charge is -2.17. The number of rotatable bonds is 5. The van der Waals surface area contributed by atoms with Gasteiger partial charge < -0.3 is 9.64 Å². The first-order valence-electron chi connectivity index (χ1n) is 9.01. The average molecular weight is 404 g/mol. The third-order valence-electron chi connectivity index (χ3n) is 4.78. The highest BCUT2D eigenvalue weighted by atomic mass is 32.2. The number of carbonyl (C=O) groups excluding carboxylic acids is 1. The molecular weight excluding hydrogens is 382 g/mol. The number of aryl methyl sites for hydroxylation is 1. The molecule has 1 aromatic carbocycles. The molecule has 2 aliphatic heterocycles. The molecule has 0 unspecified atom stereocenters. The monoisotopic (exact) mass is 403 g/mol.